The summed E-state index contributed by atoms with van der Waals surface area (Å²) in [7, 11) is 3.08. The number of carbonyl (C=O) groups excluding carboxylic acids is 3. The minimum Gasteiger partial charge on any atom is -0.497 e. The lowest BCUT2D eigenvalue weighted by Crippen LogP contribution is -2.43. The van der Waals surface area contributed by atoms with Gasteiger partial charge in [0.05, 0.1) is 38.9 Å². The van der Waals surface area contributed by atoms with Gasteiger partial charge in [-0.3, -0.25) is 14.4 Å². The molecule has 1 saturated heterocycles. The molecule has 1 atom stereocenters. The lowest BCUT2D eigenvalue weighted by atomic mass is 10.1. The standard InChI is InChI=1S/C22H27N3O5S/c1-4-24(14-20(26)23-12-17-6-5-9-31-17)22(28)15-10-21(27)25(13-15)18-8-7-16(29-2)11-19(18)30-3/h5-9,11,15H,4,10,12-14H2,1-3H3,(H,23,26)/t15-/m0/s1. The van der Waals surface area contributed by atoms with Crippen molar-refractivity contribution < 1.29 is 23.9 Å². The van der Waals surface area contributed by atoms with E-state index < -0.39 is 5.92 Å². The largest absolute Gasteiger partial charge is 0.497 e. The molecule has 2 aromatic rings. The second-order valence-corrected chi connectivity index (χ2v) is 8.18. The number of nitrogens with zero attached hydrogens (tertiary/aromatic N) is 2. The minimum atomic E-state index is -0.510. The highest BCUT2D eigenvalue weighted by Crippen LogP contribution is 2.36. The average Bonchev–Trinajstić information content (AvgIpc) is 3.44. The summed E-state index contributed by atoms with van der Waals surface area (Å²) >= 11 is 1.56. The van der Waals surface area contributed by atoms with E-state index in [1.165, 1.54) is 12.0 Å². The van der Waals surface area contributed by atoms with Gasteiger partial charge in [-0.25, -0.2) is 0 Å². The summed E-state index contributed by atoms with van der Waals surface area (Å²) < 4.78 is 10.6. The van der Waals surface area contributed by atoms with Crippen molar-refractivity contribution in [2.45, 2.75) is 19.9 Å². The predicted molar refractivity (Wildman–Crippen MR) is 118 cm³/mol. The Morgan fingerprint density at radius 2 is 2.06 bits per heavy atom. The quantitative estimate of drug-likeness (QED) is 0.640. The second-order valence-electron chi connectivity index (χ2n) is 7.15. The number of carbonyl (C=O) groups is 3. The van der Waals surface area contributed by atoms with Gasteiger partial charge in [-0.15, -0.1) is 11.3 Å². The van der Waals surface area contributed by atoms with Gasteiger partial charge in [-0.2, -0.15) is 0 Å². The third-order valence-electron chi connectivity index (χ3n) is 5.22. The van der Waals surface area contributed by atoms with Crippen LogP contribution >= 0.6 is 11.3 Å². The lowest BCUT2D eigenvalue weighted by Gasteiger charge is -2.24. The molecule has 166 valence electrons. The third-order valence-corrected chi connectivity index (χ3v) is 6.10. The Balaban J connectivity index is 1.63. The van der Waals surface area contributed by atoms with Crippen LogP contribution in [-0.4, -0.2) is 56.5 Å². The van der Waals surface area contributed by atoms with Crippen molar-refractivity contribution >= 4 is 34.7 Å². The predicted octanol–water partition coefficient (Wildman–Crippen LogP) is 2.28. The van der Waals surface area contributed by atoms with Crippen LogP contribution in [0.2, 0.25) is 0 Å². The van der Waals surface area contributed by atoms with Crippen LogP contribution in [0.3, 0.4) is 0 Å². The van der Waals surface area contributed by atoms with E-state index in [0.29, 0.717) is 30.3 Å². The third kappa shape index (κ3) is 5.35. The molecule has 31 heavy (non-hydrogen) atoms. The van der Waals surface area contributed by atoms with Gasteiger partial charge in [0, 0.05) is 30.5 Å². The first-order chi connectivity index (χ1) is 15.0. The molecule has 1 N–H and O–H groups in total. The maximum atomic E-state index is 13.0. The van der Waals surface area contributed by atoms with Gasteiger partial charge in [0.25, 0.3) is 0 Å². The molecule has 0 saturated carbocycles. The zero-order chi connectivity index (χ0) is 22.4. The lowest BCUT2D eigenvalue weighted by molar-refractivity contribution is -0.139. The molecule has 1 fully saturated rings. The molecule has 2 heterocycles. The monoisotopic (exact) mass is 445 g/mol. The van der Waals surface area contributed by atoms with Crippen molar-refractivity contribution in [3.8, 4) is 11.5 Å². The highest BCUT2D eigenvalue weighted by atomic mass is 32.1. The first-order valence-electron chi connectivity index (χ1n) is 10.1. The van der Waals surface area contributed by atoms with E-state index in [4.69, 9.17) is 9.47 Å². The second kappa shape index (κ2) is 10.3. The van der Waals surface area contributed by atoms with Crippen molar-refractivity contribution in [3.63, 3.8) is 0 Å². The molecule has 0 aliphatic carbocycles. The van der Waals surface area contributed by atoms with Crippen LogP contribution < -0.4 is 19.7 Å². The number of amides is 3. The maximum Gasteiger partial charge on any atom is 0.239 e. The summed E-state index contributed by atoms with van der Waals surface area (Å²) in [5.74, 6) is 0.0368. The maximum absolute atomic E-state index is 13.0. The van der Waals surface area contributed by atoms with Gasteiger partial charge >= 0.3 is 0 Å². The molecule has 8 nitrogen and oxygen atoms in total. The molecule has 0 bridgehead atoms. The number of nitrogens with one attached hydrogen (secondary N) is 1. The number of anilines is 1. The van der Waals surface area contributed by atoms with Crippen LogP contribution in [0.5, 0.6) is 11.5 Å². The fraction of sp³-hybridized carbons (Fsp3) is 0.409. The number of likely N-dealkylation sites (N-methyl/N-ethyl adjacent to an activating group) is 1. The summed E-state index contributed by atoms with van der Waals surface area (Å²) in [5.41, 5.74) is 0.598. The number of thiophene rings is 1. The van der Waals surface area contributed by atoms with E-state index in [0.717, 1.165) is 4.88 Å². The van der Waals surface area contributed by atoms with E-state index in [1.54, 1.807) is 41.5 Å². The van der Waals surface area contributed by atoms with E-state index in [-0.39, 0.29) is 37.2 Å². The number of rotatable bonds is 9. The molecular formula is C22H27N3O5S. The van der Waals surface area contributed by atoms with E-state index in [1.807, 2.05) is 24.4 Å². The summed E-state index contributed by atoms with van der Waals surface area (Å²) in [4.78, 5) is 42.1. The van der Waals surface area contributed by atoms with Crippen molar-refractivity contribution in [2.75, 3.05) is 38.8 Å². The zero-order valence-electron chi connectivity index (χ0n) is 17.9. The van der Waals surface area contributed by atoms with E-state index in [2.05, 4.69) is 5.32 Å². The van der Waals surface area contributed by atoms with Gasteiger partial charge < -0.3 is 24.6 Å². The number of hydrogen-bond donors (Lipinski definition) is 1. The van der Waals surface area contributed by atoms with Crippen LogP contribution in [0.25, 0.3) is 0 Å². The van der Waals surface area contributed by atoms with Crippen LogP contribution in [-0.2, 0) is 20.9 Å². The topological polar surface area (TPSA) is 88.2 Å². The Hall–Kier alpha value is -3.07. The molecule has 1 aromatic carbocycles. The molecule has 1 aliphatic heterocycles. The van der Waals surface area contributed by atoms with Crippen LogP contribution in [0.15, 0.2) is 35.7 Å². The van der Waals surface area contributed by atoms with Gasteiger partial charge in [-0.1, -0.05) is 6.07 Å². The number of ether oxygens (including phenoxy) is 2. The average molecular weight is 446 g/mol. The molecule has 0 spiro atoms. The molecule has 3 rings (SSSR count). The zero-order valence-corrected chi connectivity index (χ0v) is 18.7. The van der Waals surface area contributed by atoms with Crippen molar-refractivity contribution in [2.24, 2.45) is 5.92 Å². The minimum absolute atomic E-state index is 0.0305. The van der Waals surface area contributed by atoms with Crippen LogP contribution in [0.1, 0.15) is 18.2 Å². The Kier molecular flexibility index (Phi) is 7.51. The molecular weight excluding hydrogens is 418 g/mol. The smallest absolute Gasteiger partial charge is 0.239 e. The molecule has 0 unspecified atom stereocenters. The number of benzene rings is 1. The normalized spacial score (nSPS) is 15.6. The Bertz CT molecular complexity index is 931. The van der Waals surface area contributed by atoms with Gasteiger partial charge in [0.2, 0.25) is 17.7 Å². The molecule has 3 amide bonds. The highest BCUT2D eigenvalue weighted by Gasteiger charge is 2.38. The van der Waals surface area contributed by atoms with Gasteiger partial charge in [0.15, 0.2) is 0 Å². The Labute approximate surface area is 185 Å². The molecule has 0 radical (unpaired) electrons. The Morgan fingerprint density at radius 3 is 2.71 bits per heavy atom. The fourth-order valence-corrected chi connectivity index (χ4v) is 4.19. The SMILES string of the molecule is CCN(CC(=O)NCc1cccs1)C(=O)[C@H]1CC(=O)N(c2ccc(OC)cc2OC)C1. The summed E-state index contributed by atoms with van der Waals surface area (Å²) in [6.07, 6.45) is 0.0985. The van der Waals surface area contributed by atoms with E-state index in [9.17, 15) is 14.4 Å². The van der Waals surface area contributed by atoms with Gasteiger partial charge in [-0.05, 0) is 30.5 Å². The van der Waals surface area contributed by atoms with Crippen molar-refractivity contribution in [3.05, 3.63) is 40.6 Å². The summed E-state index contributed by atoms with van der Waals surface area (Å²) in [6.45, 7) is 2.87. The Morgan fingerprint density at radius 1 is 1.26 bits per heavy atom. The van der Waals surface area contributed by atoms with Crippen LogP contribution in [0, 0.1) is 5.92 Å². The molecule has 1 aliphatic rings. The van der Waals surface area contributed by atoms with Crippen molar-refractivity contribution in [1.82, 2.24) is 10.2 Å². The fourth-order valence-electron chi connectivity index (χ4n) is 3.55. The summed E-state index contributed by atoms with van der Waals surface area (Å²) in [6, 6.07) is 9.07. The first kappa shape index (κ1) is 22.6. The molecule has 9 heteroatoms. The summed E-state index contributed by atoms with van der Waals surface area (Å²) in [5, 5.41) is 4.78. The number of hydrogen-bond acceptors (Lipinski definition) is 6. The van der Waals surface area contributed by atoms with Gasteiger partial charge in [0.1, 0.15) is 11.5 Å². The molecule has 1 aromatic heterocycles. The van der Waals surface area contributed by atoms with E-state index >= 15 is 0 Å². The van der Waals surface area contributed by atoms with Crippen LogP contribution in [0.4, 0.5) is 5.69 Å². The van der Waals surface area contributed by atoms with Crippen molar-refractivity contribution in [1.29, 1.82) is 0 Å². The number of methoxy groups -OCH3 is 2. The first-order valence-corrected chi connectivity index (χ1v) is 10.9. The highest BCUT2D eigenvalue weighted by molar-refractivity contribution is 7.09.